The Hall–Kier alpha value is -2.69. The Morgan fingerprint density at radius 1 is 1.15 bits per heavy atom. The SMILES string of the molecule is CCOc1ccccc1NCC(=O)NC(c1ccc(OC)cc1)C1CC1. The third-order valence-electron chi connectivity index (χ3n) is 4.51. The summed E-state index contributed by atoms with van der Waals surface area (Å²) in [7, 11) is 1.65. The van der Waals surface area contributed by atoms with Gasteiger partial charge in [-0.15, -0.1) is 0 Å². The Labute approximate surface area is 154 Å². The molecule has 0 aromatic heterocycles. The molecule has 138 valence electrons. The first-order chi connectivity index (χ1) is 12.7. The van der Waals surface area contributed by atoms with Crippen molar-refractivity contribution >= 4 is 11.6 Å². The predicted molar refractivity (Wildman–Crippen MR) is 103 cm³/mol. The Morgan fingerprint density at radius 2 is 1.88 bits per heavy atom. The smallest absolute Gasteiger partial charge is 0.239 e. The van der Waals surface area contributed by atoms with Crippen molar-refractivity contribution in [3.63, 3.8) is 0 Å². The Balaban J connectivity index is 1.60. The lowest BCUT2D eigenvalue weighted by molar-refractivity contribution is -0.120. The molecule has 0 spiro atoms. The molecule has 2 aromatic rings. The summed E-state index contributed by atoms with van der Waals surface area (Å²) in [5.74, 6) is 2.08. The highest BCUT2D eigenvalue weighted by Gasteiger charge is 2.33. The van der Waals surface area contributed by atoms with E-state index >= 15 is 0 Å². The zero-order valence-corrected chi connectivity index (χ0v) is 15.3. The fourth-order valence-corrected chi connectivity index (χ4v) is 3.01. The summed E-state index contributed by atoms with van der Waals surface area (Å²) in [5.41, 5.74) is 1.95. The van der Waals surface area contributed by atoms with Crippen molar-refractivity contribution < 1.29 is 14.3 Å². The van der Waals surface area contributed by atoms with Gasteiger partial charge >= 0.3 is 0 Å². The summed E-state index contributed by atoms with van der Waals surface area (Å²) in [4.78, 5) is 12.5. The molecule has 0 radical (unpaired) electrons. The molecule has 26 heavy (non-hydrogen) atoms. The Morgan fingerprint density at radius 3 is 2.54 bits per heavy atom. The molecule has 2 N–H and O–H groups in total. The second-order valence-electron chi connectivity index (χ2n) is 6.44. The van der Waals surface area contributed by atoms with Gasteiger partial charge in [-0.05, 0) is 55.5 Å². The van der Waals surface area contributed by atoms with Crippen LogP contribution in [-0.4, -0.2) is 26.2 Å². The average molecular weight is 354 g/mol. The van der Waals surface area contributed by atoms with E-state index in [1.807, 2.05) is 55.5 Å². The largest absolute Gasteiger partial charge is 0.497 e. The van der Waals surface area contributed by atoms with Crippen molar-refractivity contribution in [2.45, 2.75) is 25.8 Å². The fraction of sp³-hybridized carbons (Fsp3) is 0.381. The molecular weight excluding hydrogens is 328 g/mol. The molecule has 1 amide bonds. The lowest BCUT2D eigenvalue weighted by Gasteiger charge is -2.20. The van der Waals surface area contributed by atoms with E-state index in [0.717, 1.165) is 35.6 Å². The van der Waals surface area contributed by atoms with Gasteiger partial charge in [0.05, 0.1) is 32.0 Å². The molecule has 0 aliphatic heterocycles. The van der Waals surface area contributed by atoms with Gasteiger partial charge in [-0.2, -0.15) is 0 Å². The maximum Gasteiger partial charge on any atom is 0.239 e. The Bertz CT molecular complexity index is 726. The van der Waals surface area contributed by atoms with Crippen LogP contribution in [0.1, 0.15) is 31.4 Å². The van der Waals surface area contributed by atoms with Crippen LogP contribution in [0.3, 0.4) is 0 Å². The topological polar surface area (TPSA) is 59.6 Å². The van der Waals surface area contributed by atoms with Crippen molar-refractivity contribution in [3.8, 4) is 11.5 Å². The van der Waals surface area contributed by atoms with Crippen LogP contribution in [0.2, 0.25) is 0 Å². The molecule has 1 aliphatic rings. The van der Waals surface area contributed by atoms with E-state index in [9.17, 15) is 4.79 Å². The van der Waals surface area contributed by atoms with Crippen molar-refractivity contribution in [1.29, 1.82) is 0 Å². The zero-order chi connectivity index (χ0) is 18.4. The number of rotatable bonds is 9. The van der Waals surface area contributed by atoms with Gasteiger partial charge in [0.2, 0.25) is 5.91 Å². The van der Waals surface area contributed by atoms with Crippen LogP contribution in [0.4, 0.5) is 5.69 Å². The number of carbonyl (C=O) groups excluding carboxylic acids is 1. The number of para-hydroxylation sites is 2. The van der Waals surface area contributed by atoms with E-state index < -0.39 is 0 Å². The standard InChI is InChI=1S/C21H26N2O3/c1-3-26-19-7-5-4-6-18(19)22-14-20(24)23-21(15-8-9-15)16-10-12-17(25-2)13-11-16/h4-7,10-13,15,21-22H,3,8-9,14H2,1-2H3,(H,23,24). The molecule has 1 unspecified atom stereocenters. The number of methoxy groups -OCH3 is 1. The summed E-state index contributed by atoms with van der Waals surface area (Å²) in [5, 5.41) is 6.35. The number of anilines is 1. The van der Waals surface area contributed by atoms with Crippen LogP contribution in [0.15, 0.2) is 48.5 Å². The maximum atomic E-state index is 12.5. The lowest BCUT2D eigenvalue weighted by Crippen LogP contribution is -2.34. The lowest BCUT2D eigenvalue weighted by atomic mass is 10.0. The molecule has 2 aromatic carbocycles. The van der Waals surface area contributed by atoms with Crippen LogP contribution in [0.25, 0.3) is 0 Å². The van der Waals surface area contributed by atoms with Crippen LogP contribution in [0.5, 0.6) is 11.5 Å². The van der Waals surface area contributed by atoms with Crippen LogP contribution in [-0.2, 0) is 4.79 Å². The van der Waals surface area contributed by atoms with Crippen molar-refractivity contribution in [2.75, 3.05) is 25.6 Å². The summed E-state index contributed by atoms with van der Waals surface area (Å²) in [6.07, 6.45) is 2.30. The minimum atomic E-state index is -0.0241. The van der Waals surface area contributed by atoms with Crippen molar-refractivity contribution in [2.24, 2.45) is 5.92 Å². The van der Waals surface area contributed by atoms with Gasteiger partial charge in [0, 0.05) is 0 Å². The van der Waals surface area contributed by atoms with Gasteiger partial charge in [-0.1, -0.05) is 24.3 Å². The second kappa shape index (κ2) is 8.61. The number of hydrogen-bond acceptors (Lipinski definition) is 4. The predicted octanol–water partition coefficient (Wildman–Crippen LogP) is 3.77. The third kappa shape index (κ3) is 4.69. The van der Waals surface area contributed by atoms with Gasteiger partial charge in [0.15, 0.2) is 0 Å². The minimum Gasteiger partial charge on any atom is -0.497 e. The fourth-order valence-electron chi connectivity index (χ4n) is 3.01. The number of amides is 1. The molecule has 1 atom stereocenters. The summed E-state index contributed by atoms with van der Waals surface area (Å²) < 4.78 is 10.8. The minimum absolute atomic E-state index is 0.0241. The van der Waals surface area contributed by atoms with Crippen LogP contribution in [0, 0.1) is 5.92 Å². The molecule has 5 nitrogen and oxygen atoms in total. The quantitative estimate of drug-likeness (QED) is 0.720. The number of hydrogen-bond donors (Lipinski definition) is 2. The van der Waals surface area contributed by atoms with Crippen molar-refractivity contribution in [1.82, 2.24) is 5.32 Å². The number of nitrogens with one attached hydrogen (secondary N) is 2. The van der Waals surface area contributed by atoms with Gasteiger partial charge in [0.25, 0.3) is 0 Å². The molecule has 3 rings (SSSR count). The molecule has 1 aliphatic carbocycles. The van der Waals surface area contributed by atoms with E-state index in [1.165, 1.54) is 0 Å². The van der Waals surface area contributed by atoms with E-state index in [0.29, 0.717) is 12.5 Å². The third-order valence-corrected chi connectivity index (χ3v) is 4.51. The summed E-state index contributed by atoms with van der Waals surface area (Å²) >= 11 is 0. The highest BCUT2D eigenvalue weighted by molar-refractivity contribution is 5.81. The maximum absolute atomic E-state index is 12.5. The van der Waals surface area contributed by atoms with E-state index in [2.05, 4.69) is 10.6 Å². The molecule has 0 bridgehead atoms. The molecule has 5 heteroatoms. The second-order valence-corrected chi connectivity index (χ2v) is 6.44. The highest BCUT2D eigenvalue weighted by atomic mass is 16.5. The summed E-state index contributed by atoms with van der Waals surface area (Å²) in [6, 6.07) is 15.6. The molecular formula is C21H26N2O3. The molecule has 1 saturated carbocycles. The number of ether oxygens (including phenoxy) is 2. The zero-order valence-electron chi connectivity index (χ0n) is 15.3. The average Bonchev–Trinajstić information content (AvgIpc) is 3.51. The van der Waals surface area contributed by atoms with Gasteiger partial charge in [0.1, 0.15) is 11.5 Å². The normalized spacial score (nSPS) is 14.4. The van der Waals surface area contributed by atoms with Gasteiger partial charge in [-0.25, -0.2) is 0 Å². The Kier molecular flexibility index (Phi) is 6.00. The van der Waals surface area contributed by atoms with E-state index in [4.69, 9.17) is 9.47 Å². The monoisotopic (exact) mass is 354 g/mol. The highest BCUT2D eigenvalue weighted by Crippen LogP contribution is 2.41. The first kappa shape index (κ1) is 18.1. The molecule has 1 fully saturated rings. The van der Waals surface area contributed by atoms with E-state index in [1.54, 1.807) is 7.11 Å². The van der Waals surface area contributed by atoms with Gasteiger partial charge in [-0.3, -0.25) is 4.79 Å². The first-order valence-corrected chi connectivity index (χ1v) is 9.10. The van der Waals surface area contributed by atoms with E-state index in [-0.39, 0.29) is 18.5 Å². The van der Waals surface area contributed by atoms with Gasteiger partial charge < -0.3 is 20.1 Å². The summed E-state index contributed by atoms with van der Waals surface area (Å²) in [6.45, 7) is 2.74. The number of carbonyl (C=O) groups is 1. The first-order valence-electron chi connectivity index (χ1n) is 9.10. The van der Waals surface area contributed by atoms with Crippen LogP contribution >= 0.6 is 0 Å². The number of benzene rings is 2. The molecule has 0 heterocycles. The molecule has 0 saturated heterocycles. The van der Waals surface area contributed by atoms with Crippen LogP contribution < -0.4 is 20.1 Å². The van der Waals surface area contributed by atoms with Crippen molar-refractivity contribution in [3.05, 3.63) is 54.1 Å².